The molecule has 0 bridgehead atoms. The van der Waals surface area contributed by atoms with Crippen LogP contribution < -0.4 is 0 Å². The van der Waals surface area contributed by atoms with E-state index in [4.69, 9.17) is 9.84 Å². The zero-order valence-corrected chi connectivity index (χ0v) is 10.0. The zero-order chi connectivity index (χ0) is 12.3. The van der Waals surface area contributed by atoms with Crippen LogP contribution in [0.15, 0.2) is 29.8 Å². The van der Waals surface area contributed by atoms with Crippen LogP contribution >= 0.6 is 11.3 Å². The first-order valence-corrected chi connectivity index (χ1v) is 5.85. The number of rotatable bonds is 4. The Morgan fingerprint density at radius 1 is 1.53 bits per heavy atom. The maximum atomic E-state index is 11.0. The Kier molecular flexibility index (Phi) is 3.51. The number of methoxy groups -OCH3 is 1. The minimum absolute atomic E-state index is 0.101. The molecular formula is C12H11NO3S. The third kappa shape index (κ3) is 2.51. The van der Waals surface area contributed by atoms with Gasteiger partial charge in [-0.05, 0) is 17.2 Å². The Labute approximate surface area is 103 Å². The molecule has 0 spiro atoms. The number of carbonyl (C=O) groups is 1. The number of carboxylic acids is 1. The van der Waals surface area contributed by atoms with Crippen molar-refractivity contribution in [1.82, 2.24) is 4.98 Å². The third-order valence-electron chi connectivity index (χ3n) is 2.27. The molecular weight excluding hydrogens is 238 g/mol. The van der Waals surface area contributed by atoms with Crippen molar-refractivity contribution in [3.63, 3.8) is 0 Å². The fraction of sp³-hybridized carbons (Fsp3) is 0.167. The van der Waals surface area contributed by atoms with Crippen LogP contribution in [0.4, 0.5) is 0 Å². The van der Waals surface area contributed by atoms with Crippen LogP contribution in [0.1, 0.15) is 16.1 Å². The van der Waals surface area contributed by atoms with Gasteiger partial charge in [-0.3, -0.25) is 0 Å². The molecule has 0 aliphatic heterocycles. The minimum atomic E-state index is -1.00. The molecule has 0 atom stereocenters. The van der Waals surface area contributed by atoms with Crippen molar-refractivity contribution >= 4 is 17.3 Å². The van der Waals surface area contributed by atoms with Gasteiger partial charge in [0.25, 0.3) is 0 Å². The van der Waals surface area contributed by atoms with Crippen LogP contribution in [0.25, 0.3) is 10.4 Å². The summed E-state index contributed by atoms with van der Waals surface area (Å²) in [5, 5.41) is 9.01. The van der Waals surface area contributed by atoms with Crippen LogP contribution in [0.5, 0.6) is 0 Å². The van der Waals surface area contributed by atoms with Gasteiger partial charge in [0.05, 0.1) is 17.0 Å². The number of ether oxygens (including phenoxy) is 1. The third-order valence-corrected chi connectivity index (χ3v) is 3.15. The molecule has 1 aromatic carbocycles. The maximum absolute atomic E-state index is 11.0. The summed E-state index contributed by atoms with van der Waals surface area (Å²) >= 11 is 1.33. The summed E-state index contributed by atoms with van der Waals surface area (Å²) in [6.45, 7) is 0.509. The number of aromatic carboxylic acids is 1. The van der Waals surface area contributed by atoms with Crippen LogP contribution in [-0.2, 0) is 11.3 Å². The summed E-state index contributed by atoms with van der Waals surface area (Å²) in [6, 6.07) is 7.62. The molecule has 0 amide bonds. The van der Waals surface area contributed by atoms with E-state index in [1.165, 1.54) is 11.3 Å². The van der Waals surface area contributed by atoms with Gasteiger partial charge >= 0.3 is 5.97 Å². The average molecular weight is 249 g/mol. The first kappa shape index (κ1) is 11.8. The average Bonchev–Trinajstić information content (AvgIpc) is 2.79. The topological polar surface area (TPSA) is 59.4 Å². The van der Waals surface area contributed by atoms with Gasteiger partial charge in [-0.25, -0.2) is 9.78 Å². The second-order valence-corrected chi connectivity index (χ2v) is 4.32. The number of benzene rings is 1. The van der Waals surface area contributed by atoms with Gasteiger partial charge in [0.2, 0.25) is 0 Å². The number of nitrogens with zero attached hydrogens (tertiary/aromatic N) is 1. The molecule has 2 aromatic rings. The second-order valence-electron chi connectivity index (χ2n) is 3.47. The largest absolute Gasteiger partial charge is 0.476 e. The van der Waals surface area contributed by atoms with Crippen molar-refractivity contribution in [1.29, 1.82) is 0 Å². The Bertz CT molecular complexity index is 536. The fourth-order valence-electron chi connectivity index (χ4n) is 1.57. The number of thiazole rings is 1. The Balaban J connectivity index is 2.42. The Hall–Kier alpha value is -1.72. The lowest BCUT2D eigenvalue weighted by atomic mass is 10.1. The monoisotopic (exact) mass is 249 g/mol. The van der Waals surface area contributed by atoms with Crippen LogP contribution in [-0.4, -0.2) is 23.2 Å². The molecule has 17 heavy (non-hydrogen) atoms. The number of carboxylic acid groups (broad SMARTS) is 1. The fourth-order valence-corrected chi connectivity index (χ4v) is 2.35. The number of hydrogen-bond donors (Lipinski definition) is 1. The quantitative estimate of drug-likeness (QED) is 0.905. The van der Waals surface area contributed by atoms with E-state index in [9.17, 15) is 4.79 Å². The molecule has 1 heterocycles. The second kappa shape index (κ2) is 5.07. The summed E-state index contributed by atoms with van der Waals surface area (Å²) in [5.41, 5.74) is 3.51. The van der Waals surface area contributed by atoms with Gasteiger partial charge in [0.15, 0.2) is 5.69 Å². The van der Waals surface area contributed by atoms with Crippen molar-refractivity contribution in [3.05, 3.63) is 41.0 Å². The molecule has 0 aliphatic rings. The lowest BCUT2D eigenvalue weighted by Crippen LogP contribution is -1.98. The van der Waals surface area contributed by atoms with Gasteiger partial charge in [0, 0.05) is 7.11 Å². The van der Waals surface area contributed by atoms with E-state index in [2.05, 4.69) is 4.98 Å². The summed E-state index contributed by atoms with van der Waals surface area (Å²) in [5.74, 6) is -1.00. The molecule has 0 unspecified atom stereocenters. The molecule has 0 fully saturated rings. The van der Waals surface area contributed by atoms with Gasteiger partial charge in [0.1, 0.15) is 0 Å². The standard InChI is InChI=1S/C12H11NO3S/c1-16-6-8-3-2-4-9(5-8)11-10(12(14)15)13-7-17-11/h2-5,7H,6H2,1H3,(H,14,15). The Morgan fingerprint density at radius 2 is 2.35 bits per heavy atom. The summed E-state index contributed by atoms with van der Waals surface area (Å²) < 4.78 is 5.05. The molecule has 0 radical (unpaired) electrons. The van der Waals surface area contributed by atoms with Crippen molar-refractivity contribution in [2.24, 2.45) is 0 Å². The normalized spacial score (nSPS) is 10.4. The first-order valence-electron chi connectivity index (χ1n) is 4.97. The maximum Gasteiger partial charge on any atom is 0.356 e. The zero-order valence-electron chi connectivity index (χ0n) is 9.21. The predicted molar refractivity (Wildman–Crippen MR) is 65.2 cm³/mol. The molecule has 5 heteroatoms. The van der Waals surface area contributed by atoms with E-state index in [1.54, 1.807) is 12.6 Å². The van der Waals surface area contributed by atoms with Crippen molar-refractivity contribution in [3.8, 4) is 10.4 Å². The lowest BCUT2D eigenvalue weighted by molar-refractivity contribution is 0.0692. The SMILES string of the molecule is COCc1cccc(-c2scnc2C(=O)O)c1. The van der Waals surface area contributed by atoms with Crippen molar-refractivity contribution in [2.45, 2.75) is 6.61 Å². The first-order chi connectivity index (χ1) is 8.22. The summed E-state index contributed by atoms with van der Waals surface area (Å²) in [4.78, 5) is 15.5. The van der Waals surface area contributed by atoms with E-state index in [1.807, 2.05) is 24.3 Å². The molecule has 2 rings (SSSR count). The molecule has 1 N–H and O–H groups in total. The Morgan fingerprint density at radius 3 is 3.06 bits per heavy atom. The van der Waals surface area contributed by atoms with E-state index >= 15 is 0 Å². The van der Waals surface area contributed by atoms with Gasteiger partial charge in [-0.1, -0.05) is 18.2 Å². The lowest BCUT2D eigenvalue weighted by Gasteiger charge is -2.03. The highest BCUT2D eigenvalue weighted by Gasteiger charge is 2.15. The van der Waals surface area contributed by atoms with Gasteiger partial charge in [-0.15, -0.1) is 11.3 Å². The van der Waals surface area contributed by atoms with Gasteiger partial charge in [-0.2, -0.15) is 0 Å². The highest BCUT2D eigenvalue weighted by atomic mass is 32.1. The van der Waals surface area contributed by atoms with Crippen molar-refractivity contribution < 1.29 is 14.6 Å². The van der Waals surface area contributed by atoms with E-state index in [-0.39, 0.29) is 5.69 Å². The highest BCUT2D eigenvalue weighted by Crippen LogP contribution is 2.28. The van der Waals surface area contributed by atoms with Crippen LogP contribution in [0, 0.1) is 0 Å². The molecule has 0 saturated heterocycles. The van der Waals surface area contributed by atoms with E-state index in [0.29, 0.717) is 11.5 Å². The van der Waals surface area contributed by atoms with Crippen LogP contribution in [0.3, 0.4) is 0 Å². The van der Waals surface area contributed by atoms with E-state index < -0.39 is 5.97 Å². The molecule has 1 aromatic heterocycles. The highest BCUT2D eigenvalue weighted by molar-refractivity contribution is 7.13. The molecule has 0 aliphatic carbocycles. The number of aromatic nitrogens is 1. The van der Waals surface area contributed by atoms with E-state index in [0.717, 1.165) is 11.1 Å². The summed E-state index contributed by atoms with van der Waals surface area (Å²) in [6.07, 6.45) is 0. The molecule has 0 saturated carbocycles. The minimum Gasteiger partial charge on any atom is -0.476 e. The molecule has 88 valence electrons. The number of hydrogen-bond acceptors (Lipinski definition) is 4. The smallest absolute Gasteiger partial charge is 0.356 e. The van der Waals surface area contributed by atoms with Gasteiger partial charge < -0.3 is 9.84 Å². The van der Waals surface area contributed by atoms with Crippen molar-refractivity contribution in [2.75, 3.05) is 7.11 Å². The van der Waals surface area contributed by atoms with Crippen LogP contribution in [0.2, 0.25) is 0 Å². The molecule has 4 nitrogen and oxygen atoms in total. The predicted octanol–water partition coefficient (Wildman–Crippen LogP) is 2.65. The summed E-state index contributed by atoms with van der Waals surface area (Å²) in [7, 11) is 1.63.